The zero-order valence-corrected chi connectivity index (χ0v) is 14.2. The molecule has 10 heteroatoms. The summed E-state index contributed by atoms with van der Waals surface area (Å²) in [6.45, 7) is 3.50. The van der Waals surface area contributed by atoms with Crippen LogP contribution in [0, 0.1) is 5.41 Å². The topological polar surface area (TPSA) is 129 Å². The van der Waals surface area contributed by atoms with E-state index in [1.54, 1.807) is 0 Å². The summed E-state index contributed by atoms with van der Waals surface area (Å²) in [5, 5.41) is 9.75. The Hall–Kier alpha value is 0.540. The van der Waals surface area contributed by atoms with E-state index in [1.807, 2.05) is 13.8 Å². The Morgan fingerprint density at radius 1 is 0.952 bits per heavy atom. The molecule has 0 fully saturated rings. The van der Waals surface area contributed by atoms with Crippen LogP contribution in [-0.4, -0.2) is 57.2 Å². The quantitative estimate of drug-likeness (QED) is 0.312. The Kier molecular flexibility index (Phi) is 12.3. The van der Waals surface area contributed by atoms with Gasteiger partial charge in [0.1, 0.15) is 0 Å². The lowest BCUT2D eigenvalue weighted by molar-refractivity contribution is -0.109. The van der Waals surface area contributed by atoms with Gasteiger partial charge >= 0.3 is 17.2 Å². The standard InChI is InChI=1S/C11H26O8P2/c1-3-5-10(17-6-4-2)11(7-12,8-18-20(13)14)9-19-21(15)16/h10,12-16H,3-9H2,1-2H3. The summed E-state index contributed by atoms with van der Waals surface area (Å²) in [7, 11) is -5.17. The summed E-state index contributed by atoms with van der Waals surface area (Å²) < 4.78 is 15.4. The van der Waals surface area contributed by atoms with Crippen molar-refractivity contribution >= 4 is 17.2 Å². The van der Waals surface area contributed by atoms with Crippen molar-refractivity contribution in [2.45, 2.75) is 39.2 Å². The van der Waals surface area contributed by atoms with Gasteiger partial charge in [0.2, 0.25) is 0 Å². The van der Waals surface area contributed by atoms with Crippen molar-refractivity contribution in [2.24, 2.45) is 5.41 Å². The highest BCUT2D eigenvalue weighted by Crippen LogP contribution is 2.37. The van der Waals surface area contributed by atoms with Crippen LogP contribution >= 0.6 is 17.2 Å². The highest BCUT2D eigenvalue weighted by molar-refractivity contribution is 7.39. The van der Waals surface area contributed by atoms with Crippen molar-refractivity contribution in [1.82, 2.24) is 0 Å². The fraction of sp³-hybridized carbons (Fsp3) is 1.00. The lowest BCUT2D eigenvalue weighted by atomic mass is 9.82. The molecule has 0 aliphatic heterocycles. The van der Waals surface area contributed by atoms with Crippen molar-refractivity contribution in [1.29, 1.82) is 0 Å². The molecule has 0 spiro atoms. The molecule has 8 nitrogen and oxygen atoms in total. The van der Waals surface area contributed by atoms with Crippen LogP contribution in [0.4, 0.5) is 0 Å². The molecule has 21 heavy (non-hydrogen) atoms. The Morgan fingerprint density at radius 2 is 1.48 bits per heavy atom. The lowest BCUT2D eigenvalue weighted by Crippen LogP contribution is -2.47. The molecule has 0 saturated heterocycles. The Balaban J connectivity index is 5.04. The third-order valence-corrected chi connectivity index (χ3v) is 3.73. The molecular formula is C11H26O8P2. The van der Waals surface area contributed by atoms with Gasteiger partial charge in [-0.2, -0.15) is 0 Å². The van der Waals surface area contributed by atoms with E-state index in [2.05, 4.69) is 0 Å². The zero-order valence-electron chi connectivity index (χ0n) is 12.4. The van der Waals surface area contributed by atoms with Crippen LogP contribution in [0.5, 0.6) is 0 Å². The van der Waals surface area contributed by atoms with E-state index in [0.29, 0.717) is 13.0 Å². The molecule has 0 radical (unpaired) electrons. The number of hydrogen-bond acceptors (Lipinski definition) is 8. The maximum absolute atomic E-state index is 9.75. The Bertz CT molecular complexity index is 242. The minimum atomic E-state index is -2.59. The van der Waals surface area contributed by atoms with Crippen molar-refractivity contribution in [3.05, 3.63) is 0 Å². The van der Waals surface area contributed by atoms with Crippen molar-refractivity contribution in [3.63, 3.8) is 0 Å². The third-order valence-electron chi connectivity index (χ3n) is 3.01. The van der Waals surface area contributed by atoms with Gasteiger partial charge in [-0.3, -0.25) is 0 Å². The van der Waals surface area contributed by atoms with Gasteiger partial charge in [0.05, 0.1) is 31.3 Å². The molecule has 0 bridgehead atoms. The molecule has 1 atom stereocenters. The van der Waals surface area contributed by atoms with Crippen LogP contribution in [0.1, 0.15) is 33.1 Å². The molecule has 128 valence electrons. The highest BCUT2D eigenvalue weighted by Gasteiger charge is 2.41. The van der Waals surface area contributed by atoms with E-state index in [9.17, 15) is 5.11 Å². The van der Waals surface area contributed by atoms with Crippen molar-refractivity contribution in [3.8, 4) is 0 Å². The third kappa shape index (κ3) is 8.67. The minimum Gasteiger partial charge on any atom is -0.396 e. The predicted octanol–water partition coefficient (Wildman–Crippen LogP) is 1.02. The normalized spacial score (nSPS) is 14.1. The number of aliphatic hydroxyl groups is 1. The van der Waals surface area contributed by atoms with Gasteiger partial charge in [0, 0.05) is 6.61 Å². The molecule has 0 amide bonds. The molecule has 0 rings (SSSR count). The molecule has 0 aromatic heterocycles. The van der Waals surface area contributed by atoms with Gasteiger partial charge in [-0.1, -0.05) is 20.3 Å². The van der Waals surface area contributed by atoms with Crippen LogP contribution in [0.15, 0.2) is 0 Å². The highest BCUT2D eigenvalue weighted by atomic mass is 31.2. The molecule has 5 N–H and O–H groups in total. The first-order valence-corrected chi connectivity index (χ1v) is 9.09. The van der Waals surface area contributed by atoms with E-state index in [1.165, 1.54) is 0 Å². The molecule has 0 aromatic carbocycles. The molecular weight excluding hydrogens is 322 g/mol. The summed E-state index contributed by atoms with van der Waals surface area (Å²) in [6, 6.07) is 0. The Labute approximate surface area is 127 Å². The van der Waals surface area contributed by atoms with E-state index in [0.717, 1.165) is 12.8 Å². The maximum Gasteiger partial charge on any atom is 0.327 e. The first-order valence-electron chi connectivity index (χ1n) is 6.75. The average Bonchev–Trinajstić information content (AvgIpc) is 2.44. The van der Waals surface area contributed by atoms with Gasteiger partial charge < -0.3 is 38.5 Å². The minimum absolute atomic E-state index is 0.222. The first kappa shape index (κ1) is 21.5. The summed E-state index contributed by atoms with van der Waals surface area (Å²) in [5.74, 6) is 0. The summed E-state index contributed by atoms with van der Waals surface area (Å²) in [4.78, 5) is 35.7. The van der Waals surface area contributed by atoms with Crippen molar-refractivity contribution in [2.75, 3.05) is 26.4 Å². The van der Waals surface area contributed by atoms with E-state index in [-0.39, 0.29) is 13.2 Å². The van der Waals surface area contributed by atoms with Crippen LogP contribution in [0.25, 0.3) is 0 Å². The molecule has 1 unspecified atom stereocenters. The molecule has 0 aromatic rings. The fourth-order valence-electron chi connectivity index (χ4n) is 1.88. The number of ether oxygens (including phenoxy) is 1. The van der Waals surface area contributed by atoms with Crippen LogP contribution < -0.4 is 0 Å². The van der Waals surface area contributed by atoms with Crippen molar-refractivity contribution < 1.29 is 38.5 Å². The van der Waals surface area contributed by atoms with Crippen LogP contribution in [-0.2, 0) is 13.8 Å². The van der Waals surface area contributed by atoms with Gasteiger partial charge in [-0.25, -0.2) is 0 Å². The monoisotopic (exact) mass is 348 g/mol. The summed E-state index contributed by atoms with van der Waals surface area (Å²) in [5.41, 5.74) is -1.09. The second kappa shape index (κ2) is 12.0. The van der Waals surface area contributed by atoms with E-state index >= 15 is 0 Å². The second-order valence-electron chi connectivity index (χ2n) is 4.72. The molecule has 0 aliphatic carbocycles. The lowest BCUT2D eigenvalue weighted by Gasteiger charge is -2.38. The molecule has 0 heterocycles. The van der Waals surface area contributed by atoms with Crippen LogP contribution in [0.2, 0.25) is 0 Å². The number of hydrogen-bond donors (Lipinski definition) is 5. The second-order valence-corrected chi connectivity index (χ2v) is 6.25. The molecule has 0 saturated carbocycles. The zero-order chi connectivity index (χ0) is 16.3. The SMILES string of the molecule is CCCOC(CCC)C(CO)(COP(O)O)COP(O)O. The average molecular weight is 348 g/mol. The number of aliphatic hydroxyl groups excluding tert-OH is 1. The van der Waals surface area contributed by atoms with Gasteiger partial charge in [-0.05, 0) is 12.8 Å². The predicted molar refractivity (Wildman–Crippen MR) is 79.1 cm³/mol. The van der Waals surface area contributed by atoms with E-state index < -0.39 is 35.3 Å². The van der Waals surface area contributed by atoms with Gasteiger partial charge in [0.25, 0.3) is 0 Å². The van der Waals surface area contributed by atoms with E-state index in [4.69, 9.17) is 33.4 Å². The molecule has 0 aliphatic rings. The Morgan fingerprint density at radius 3 is 1.81 bits per heavy atom. The maximum atomic E-state index is 9.75. The van der Waals surface area contributed by atoms with Gasteiger partial charge in [0.15, 0.2) is 0 Å². The summed E-state index contributed by atoms with van der Waals surface area (Å²) >= 11 is 0. The number of rotatable bonds is 13. The summed E-state index contributed by atoms with van der Waals surface area (Å²) in [6.07, 6.45) is 1.69. The largest absolute Gasteiger partial charge is 0.396 e. The first-order chi connectivity index (χ1) is 9.91. The van der Waals surface area contributed by atoms with Crippen LogP contribution in [0.3, 0.4) is 0 Å². The van der Waals surface area contributed by atoms with Gasteiger partial charge in [-0.15, -0.1) is 0 Å². The smallest absolute Gasteiger partial charge is 0.327 e. The fourth-order valence-corrected chi connectivity index (χ4v) is 2.63.